The Morgan fingerprint density at radius 2 is 2.00 bits per heavy atom. The van der Waals surface area contributed by atoms with Gasteiger partial charge in [-0.1, -0.05) is 42.4 Å². The summed E-state index contributed by atoms with van der Waals surface area (Å²) < 4.78 is 1.36. The predicted octanol–water partition coefficient (Wildman–Crippen LogP) is 2.62. The van der Waals surface area contributed by atoms with E-state index in [1.54, 1.807) is 11.3 Å². The standard InChI is InChI=1S/C12H10BNS/c1-2-5-11-10(4-1)7-8-13(14-11)12-6-3-9-15-12/h1-9,14H. The van der Waals surface area contributed by atoms with Gasteiger partial charge in [0, 0.05) is 10.5 Å². The Labute approximate surface area is 93.6 Å². The van der Waals surface area contributed by atoms with Crippen LogP contribution in [0.25, 0.3) is 6.08 Å². The Balaban J connectivity index is 1.96. The average Bonchev–Trinajstić information content (AvgIpc) is 2.82. The van der Waals surface area contributed by atoms with Crippen LogP contribution in [0.4, 0.5) is 5.69 Å². The van der Waals surface area contributed by atoms with Crippen LogP contribution in [-0.2, 0) is 0 Å². The lowest BCUT2D eigenvalue weighted by atomic mass is 9.59. The van der Waals surface area contributed by atoms with Crippen molar-refractivity contribution < 1.29 is 0 Å². The van der Waals surface area contributed by atoms with Gasteiger partial charge in [-0.15, -0.1) is 0 Å². The van der Waals surface area contributed by atoms with E-state index in [9.17, 15) is 0 Å². The van der Waals surface area contributed by atoms with Crippen molar-refractivity contribution in [2.24, 2.45) is 0 Å². The van der Waals surface area contributed by atoms with E-state index in [0.717, 1.165) is 0 Å². The summed E-state index contributed by atoms with van der Waals surface area (Å²) >= 11 is 1.79. The van der Waals surface area contributed by atoms with E-state index < -0.39 is 0 Å². The molecule has 1 aromatic heterocycles. The number of thiophene rings is 1. The van der Waals surface area contributed by atoms with Gasteiger partial charge in [0.05, 0.1) is 0 Å². The van der Waals surface area contributed by atoms with E-state index in [0.29, 0.717) is 6.85 Å². The molecule has 0 saturated carbocycles. The number of nitrogens with one attached hydrogen (secondary N) is 1. The lowest BCUT2D eigenvalue weighted by molar-refractivity contribution is 1.60. The van der Waals surface area contributed by atoms with Gasteiger partial charge in [0.25, 0.3) is 0 Å². The van der Waals surface area contributed by atoms with Crippen molar-refractivity contribution in [1.82, 2.24) is 0 Å². The molecule has 1 aliphatic heterocycles. The van der Waals surface area contributed by atoms with Gasteiger partial charge in [-0.25, -0.2) is 0 Å². The highest BCUT2D eigenvalue weighted by molar-refractivity contribution is 7.23. The minimum absolute atomic E-state index is 0.333. The van der Waals surface area contributed by atoms with Crippen LogP contribution in [0.1, 0.15) is 5.56 Å². The number of fused-ring (bicyclic) bond motifs is 1. The van der Waals surface area contributed by atoms with E-state index in [-0.39, 0.29) is 0 Å². The largest absolute Gasteiger partial charge is 0.420 e. The normalized spacial score (nSPS) is 13.5. The molecule has 0 unspecified atom stereocenters. The van der Waals surface area contributed by atoms with Crippen LogP contribution < -0.4 is 10.0 Å². The SMILES string of the molecule is C1=Cc2ccccc2NB1c1cccs1. The van der Waals surface area contributed by atoms with Gasteiger partial charge < -0.3 is 5.23 Å². The summed E-state index contributed by atoms with van der Waals surface area (Å²) in [6.07, 6.45) is 2.19. The molecule has 0 atom stereocenters. The second-order valence-corrected chi connectivity index (χ2v) is 4.56. The van der Waals surface area contributed by atoms with E-state index in [1.165, 1.54) is 16.0 Å². The predicted molar refractivity (Wildman–Crippen MR) is 68.8 cm³/mol. The minimum Gasteiger partial charge on any atom is -0.420 e. The molecule has 1 nitrogen and oxygen atoms in total. The minimum atomic E-state index is 0.333. The number of hydrogen-bond donors (Lipinski definition) is 1. The van der Waals surface area contributed by atoms with Crippen molar-refractivity contribution in [3.8, 4) is 0 Å². The van der Waals surface area contributed by atoms with Gasteiger partial charge in [0.15, 0.2) is 0 Å². The number of rotatable bonds is 1. The van der Waals surface area contributed by atoms with Gasteiger partial charge in [0.2, 0.25) is 0 Å². The fourth-order valence-electron chi connectivity index (χ4n) is 1.82. The van der Waals surface area contributed by atoms with Gasteiger partial charge in [-0.3, -0.25) is 0 Å². The molecule has 0 bridgehead atoms. The number of benzene rings is 1. The molecule has 1 aliphatic rings. The van der Waals surface area contributed by atoms with Gasteiger partial charge in [-0.2, -0.15) is 11.3 Å². The van der Waals surface area contributed by atoms with Crippen molar-refractivity contribution in [3.05, 3.63) is 53.3 Å². The second kappa shape index (κ2) is 3.59. The number of para-hydroxylation sites is 1. The highest BCUT2D eigenvalue weighted by Gasteiger charge is 2.19. The fourth-order valence-corrected chi connectivity index (χ4v) is 2.58. The third-order valence-electron chi connectivity index (χ3n) is 2.59. The van der Waals surface area contributed by atoms with Crippen molar-refractivity contribution in [1.29, 1.82) is 0 Å². The first kappa shape index (κ1) is 8.80. The molecule has 1 N–H and O–H groups in total. The quantitative estimate of drug-likeness (QED) is 0.715. The number of anilines is 1. The van der Waals surface area contributed by atoms with E-state index in [1.807, 2.05) is 0 Å². The van der Waals surface area contributed by atoms with E-state index in [2.05, 4.69) is 59.1 Å². The van der Waals surface area contributed by atoms with Crippen LogP contribution >= 0.6 is 11.3 Å². The fraction of sp³-hybridized carbons (Fsp3) is 0. The zero-order chi connectivity index (χ0) is 10.1. The molecule has 0 radical (unpaired) electrons. The average molecular weight is 211 g/mol. The Morgan fingerprint density at radius 1 is 1.07 bits per heavy atom. The van der Waals surface area contributed by atoms with Crippen molar-refractivity contribution >= 4 is 34.7 Å². The summed E-state index contributed by atoms with van der Waals surface area (Å²) in [5.74, 6) is 2.22. The lowest BCUT2D eigenvalue weighted by Gasteiger charge is -2.18. The molecule has 15 heavy (non-hydrogen) atoms. The van der Waals surface area contributed by atoms with Crippen LogP contribution in [0.15, 0.2) is 47.8 Å². The highest BCUT2D eigenvalue weighted by atomic mass is 32.1. The van der Waals surface area contributed by atoms with Crippen LogP contribution in [0.2, 0.25) is 0 Å². The molecule has 72 valence electrons. The van der Waals surface area contributed by atoms with E-state index >= 15 is 0 Å². The Hall–Kier alpha value is -1.48. The van der Waals surface area contributed by atoms with E-state index in [4.69, 9.17) is 0 Å². The molecule has 1 aromatic carbocycles. The molecule has 0 saturated heterocycles. The summed E-state index contributed by atoms with van der Waals surface area (Å²) in [5.41, 5.74) is 2.49. The molecule has 0 spiro atoms. The summed E-state index contributed by atoms with van der Waals surface area (Å²) in [6.45, 7) is 0.333. The van der Waals surface area contributed by atoms with Crippen LogP contribution in [0.5, 0.6) is 0 Å². The van der Waals surface area contributed by atoms with Crippen molar-refractivity contribution in [2.45, 2.75) is 0 Å². The first-order valence-corrected chi connectivity index (χ1v) is 5.88. The molecule has 3 heteroatoms. The Morgan fingerprint density at radius 3 is 2.87 bits per heavy atom. The zero-order valence-electron chi connectivity index (χ0n) is 8.18. The maximum absolute atomic E-state index is 3.52. The van der Waals surface area contributed by atoms with Crippen molar-refractivity contribution in [3.63, 3.8) is 0 Å². The van der Waals surface area contributed by atoms with Gasteiger partial charge in [-0.05, 0) is 17.0 Å². The highest BCUT2D eigenvalue weighted by Crippen LogP contribution is 2.21. The maximum Gasteiger partial charge on any atom is 0.323 e. The molecule has 2 heterocycles. The summed E-state index contributed by atoms with van der Waals surface area (Å²) in [5, 5.41) is 5.64. The van der Waals surface area contributed by atoms with Gasteiger partial charge >= 0.3 is 6.85 Å². The summed E-state index contributed by atoms with van der Waals surface area (Å²) in [4.78, 5) is 0. The maximum atomic E-state index is 3.52. The Kier molecular flexibility index (Phi) is 2.11. The molecule has 0 fully saturated rings. The van der Waals surface area contributed by atoms with Crippen molar-refractivity contribution in [2.75, 3.05) is 5.23 Å². The first-order chi connectivity index (χ1) is 7.43. The molecule has 0 amide bonds. The third kappa shape index (κ3) is 1.59. The lowest BCUT2D eigenvalue weighted by Crippen LogP contribution is -2.36. The first-order valence-electron chi connectivity index (χ1n) is 5.01. The molecule has 0 aliphatic carbocycles. The third-order valence-corrected chi connectivity index (χ3v) is 3.55. The summed E-state index contributed by atoms with van der Waals surface area (Å²) in [6, 6.07) is 12.6. The summed E-state index contributed by atoms with van der Waals surface area (Å²) in [7, 11) is 0. The van der Waals surface area contributed by atoms with Crippen LogP contribution in [-0.4, -0.2) is 6.85 Å². The smallest absolute Gasteiger partial charge is 0.323 e. The monoisotopic (exact) mass is 211 g/mol. The van der Waals surface area contributed by atoms with Crippen LogP contribution in [0.3, 0.4) is 0 Å². The Bertz CT molecular complexity index is 490. The molecule has 3 rings (SSSR count). The van der Waals surface area contributed by atoms with Gasteiger partial charge in [0.1, 0.15) is 0 Å². The number of hydrogen-bond acceptors (Lipinski definition) is 2. The molecular formula is C12H10BNS. The molecule has 2 aromatic rings. The molecular weight excluding hydrogens is 201 g/mol. The van der Waals surface area contributed by atoms with Crippen LogP contribution in [0, 0.1) is 0 Å². The topological polar surface area (TPSA) is 12.0 Å². The zero-order valence-corrected chi connectivity index (χ0v) is 9.00. The second-order valence-electron chi connectivity index (χ2n) is 3.58.